The molecule has 0 aliphatic rings. The number of benzene rings is 2. The van der Waals surface area contributed by atoms with Crippen molar-refractivity contribution in [3.8, 4) is 17.2 Å². The molecule has 0 atom stereocenters. The highest BCUT2D eigenvalue weighted by atomic mass is 16.4. The van der Waals surface area contributed by atoms with Crippen molar-refractivity contribution < 1.29 is 9.90 Å². The van der Waals surface area contributed by atoms with Gasteiger partial charge in [0.25, 0.3) is 0 Å². The zero-order valence-corrected chi connectivity index (χ0v) is 12.4. The molecule has 0 radical (unpaired) electrons. The summed E-state index contributed by atoms with van der Waals surface area (Å²) in [5, 5.41) is 19.3. The number of aryl methyl sites for hydroxylation is 1. The van der Waals surface area contributed by atoms with Crippen molar-refractivity contribution in [2.24, 2.45) is 0 Å². The third-order valence-electron chi connectivity index (χ3n) is 3.85. The van der Waals surface area contributed by atoms with Gasteiger partial charge in [0, 0.05) is 34.8 Å². The maximum absolute atomic E-state index is 10.9. The molecular weight excluding hydrogens is 290 g/mol. The Kier molecular flexibility index (Phi) is 3.73. The molecule has 0 aliphatic heterocycles. The number of nitrogens with two attached hydrogens (primary N) is 1. The van der Waals surface area contributed by atoms with E-state index in [-0.39, 0.29) is 6.42 Å². The number of carboxylic acid groups (broad SMARTS) is 1. The molecule has 0 spiro atoms. The molecule has 0 bridgehead atoms. The second-order valence-corrected chi connectivity index (χ2v) is 5.28. The van der Waals surface area contributed by atoms with Gasteiger partial charge in [-0.2, -0.15) is 5.26 Å². The first-order valence-electron chi connectivity index (χ1n) is 7.20. The van der Waals surface area contributed by atoms with Crippen molar-refractivity contribution in [1.29, 1.82) is 5.26 Å². The lowest BCUT2D eigenvalue weighted by molar-refractivity contribution is -0.137. The predicted octanol–water partition coefficient (Wildman–Crippen LogP) is 3.24. The fourth-order valence-electron chi connectivity index (χ4n) is 2.78. The summed E-state index contributed by atoms with van der Waals surface area (Å²) in [4.78, 5) is 10.9. The normalized spacial score (nSPS) is 10.6. The highest BCUT2D eigenvalue weighted by molar-refractivity contribution is 5.98. The van der Waals surface area contributed by atoms with Crippen molar-refractivity contribution in [3.05, 3.63) is 54.2 Å². The molecule has 0 fully saturated rings. The molecule has 5 heteroatoms. The van der Waals surface area contributed by atoms with Gasteiger partial charge in [-0.15, -0.1) is 0 Å². The summed E-state index contributed by atoms with van der Waals surface area (Å²) >= 11 is 0. The van der Waals surface area contributed by atoms with E-state index < -0.39 is 5.97 Å². The summed E-state index contributed by atoms with van der Waals surface area (Å²) in [6, 6.07) is 15.3. The third kappa shape index (κ3) is 2.62. The lowest BCUT2D eigenvalue weighted by Crippen LogP contribution is -2.03. The Labute approximate surface area is 133 Å². The first-order chi connectivity index (χ1) is 11.1. The summed E-state index contributed by atoms with van der Waals surface area (Å²) < 4.78 is 1.91. The van der Waals surface area contributed by atoms with Gasteiger partial charge >= 0.3 is 5.97 Å². The molecule has 23 heavy (non-hydrogen) atoms. The van der Waals surface area contributed by atoms with Crippen LogP contribution in [-0.2, 0) is 11.3 Å². The Morgan fingerprint density at radius 1 is 1.17 bits per heavy atom. The van der Waals surface area contributed by atoms with E-state index in [4.69, 9.17) is 10.8 Å². The van der Waals surface area contributed by atoms with E-state index in [2.05, 4.69) is 6.07 Å². The molecule has 1 aromatic heterocycles. The van der Waals surface area contributed by atoms with Crippen LogP contribution in [-0.4, -0.2) is 15.6 Å². The van der Waals surface area contributed by atoms with Gasteiger partial charge in [0.15, 0.2) is 0 Å². The average Bonchev–Trinajstić information content (AvgIpc) is 2.91. The molecule has 0 saturated heterocycles. The Morgan fingerprint density at radius 2 is 1.96 bits per heavy atom. The van der Waals surface area contributed by atoms with Crippen molar-refractivity contribution in [2.45, 2.75) is 13.0 Å². The topological polar surface area (TPSA) is 92.0 Å². The molecule has 3 aromatic rings. The number of fused-ring (bicyclic) bond motifs is 1. The number of nitrogens with zero attached hydrogens (tertiary/aromatic N) is 2. The number of rotatable bonds is 4. The Bertz CT molecular complexity index is 935. The standard InChI is InChI=1S/C18H15N3O2/c19-10-14-12(5-3-6-16(14)20)15-11-21(9-8-18(22)23)17-7-2-1-4-13(15)17/h1-7,11H,8-9,20H2,(H,22,23). The summed E-state index contributed by atoms with van der Waals surface area (Å²) in [6.07, 6.45) is 1.93. The maximum Gasteiger partial charge on any atom is 0.305 e. The number of carbonyl (C=O) groups is 1. The fourth-order valence-corrected chi connectivity index (χ4v) is 2.78. The Morgan fingerprint density at radius 3 is 2.70 bits per heavy atom. The third-order valence-corrected chi connectivity index (χ3v) is 3.85. The number of para-hydroxylation sites is 1. The van der Waals surface area contributed by atoms with Crippen LogP contribution in [0.5, 0.6) is 0 Å². The van der Waals surface area contributed by atoms with Crippen LogP contribution in [0, 0.1) is 11.3 Å². The van der Waals surface area contributed by atoms with Gasteiger partial charge in [0.05, 0.1) is 17.7 Å². The number of carboxylic acids is 1. The van der Waals surface area contributed by atoms with Gasteiger partial charge in [-0.3, -0.25) is 4.79 Å². The number of anilines is 1. The van der Waals surface area contributed by atoms with Crippen LogP contribution in [0.2, 0.25) is 0 Å². The van der Waals surface area contributed by atoms with E-state index in [1.807, 2.05) is 47.2 Å². The van der Waals surface area contributed by atoms with Crippen LogP contribution in [0.25, 0.3) is 22.0 Å². The minimum atomic E-state index is -0.842. The van der Waals surface area contributed by atoms with Crippen molar-refractivity contribution in [2.75, 3.05) is 5.73 Å². The average molecular weight is 305 g/mol. The molecule has 3 N–H and O–H groups in total. The lowest BCUT2D eigenvalue weighted by atomic mass is 9.98. The highest BCUT2D eigenvalue weighted by Crippen LogP contribution is 2.34. The fraction of sp³-hybridized carbons (Fsp3) is 0.111. The van der Waals surface area contributed by atoms with E-state index >= 15 is 0 Å². The summed E-state index contributed by atoms with van der Waals surface area (Å²) in [5.41, 5.74) is 9.37. The van der Waals surface area contributed by atoms with E-state index in [0.29, 0.717) is 17.8 Å². The Hall–Kier alpha value is -3.26. The monoisotopic (exact) mass is 305 g/mol. The highest BCUT2D eigenvalue weighted by Gasteiger charge is 2.15. The predicted molar refractivity (Wildman–Crippen MR) is 88.8 cm³/mol. The second kappa shape index (κ2) is 5.85. The van der Waals surface area contributed by atoms with Gasteiger partial charge in [0.1, 0.15) is 6.07 Å². The minimum Gasteiger partial charge on any atom is -0.481 e. The zero-order valence-electron chi connectivity index (χ0n) is 12.4. The van der Waals surface area contributed by atoms with Gasteiger partial charge in [-0.25, -0.2) is 0 Å². The zero-order chi connectivity index (χ0) is 16.4. The largest absolute Gasteiger partial charge is 0.481 e. The van der Waals surface area contributed by atoms with Crippen LogP contribution in [0.4, 0.5) is 5.69 Å². The SMILES string of the molecule is N#Cc1c(N)cccc1-c1cn(CCC(=O)O)c2ccccc12. The minimum absolute atomic E-state index is 0.0418. The van der Waals surface area contributed by atoms with Crippen molar-refractivity contribution in [3.63, 3.8) is 0 Å². The number of hydrogen-bond acceptors (Lipinski definition) is 3. The van der Waals surface area contributed by atoms with Gasteiger partial charge in [0.2, 0.25) is 0 Å². The maximum atomic E-state index is 10.9. The van der Waals surface area contributed by atoms with E-state index in [0.717, 1.165) is 22.0 Å². The summed E-state index contributed by atoms with van der Waals surface area (Å²) in [7, 11) is 0. The number of aromatic nitrogens is 1. The van der Waals surface area contributed by atoms with E-state index in [1.54, 1.807) is 6.07 Å². The lowest BCUT2D eigenvalue weighted by Gasteiger charge is -2.05. The first kappa shape index (κ1) is 14.7. The molecule has 3 rings (SSSR count). The van der Waals surface area contributed by atoms with Crippen LogP contribution in [0.15, 0.2) is 48.7 Å². The van der Waals surface area contributed by atoms with Gasteiger partial charge in [-0.05, 0) is 12.1 Å². The van der Waals surface area contributed by atoms with Crippen molar-refractivity contribution in [1.82, 2.24) is 4.57 Å². The number of hydrogen-bond donors (Lipinski definition) is 2. The quantitative estimate of drug-likeness (QED) is 0.724. The van der Waals surface area contributed by atoms with Crippen LogP contribution < -0.4 is 5.73 Å². The smallest absolute Gasteiger partial charge is 0.305 e. The molecule has 0 saturated carbocycles. The van der Waals surface area contributed by atoms with Crippen LogP contribution >= 0.6 is 0 Å². The second-order valence-electron chi connectivity index (χ2n) is 5.28. The summed E-state index contributed by atoms with van der Waals surface area (Å²) in [6.45, 7) is 0.375. The molecule has 1 heterocycles. The summed E-state index contributed by atoms with van der Waals surface area (Å²) in [5.74, 6) is -0.842. The first-order valence-corrected chi connectivity index (χ1v) is 7.20. The molecule has 0 amide bonds. The molecule has 114 valence electrons. The Balaban J connectivity index is 2.21. The van der Waals surface area contributed by atoms with Crippen molar-refractivity contribution >= 4 is 22.6 Å². The molecule has 5 nitrogen and oxygen atoms in total. The number of nitriles is 1. The van der Waals surface area contributed by atoms with E-state index in [1.165, 1.54) is 0 Å². The van der Waals surface area contributed by atoms with Gasteiger partial charge < -0.3 is 15.4 Å². The molecule has 2 aromatic carbocycles. The molecule has 0 unspecified atom stereocenters. The van der Waals surface area contributed by atoms with Crippen LogP contribution in [0.3, 0.4) is 0 Å². The van der Waals surface area contributed by atoms with Gasteiger partial charge in [-0.1, -0.05) is 30.3 Å². The molecular formula is C18H15N3O2. The van der Waals surface area contributed by atoms with Crippen LogP contribution in [0.1, 0.15) is 12.0 Å². The number of aliphatic carboxylic acids is 1. The number of nitrogen functional groups attached to an aromatic ring is 1. The molecule has 0 aliphatic carbocycles. The van der Waals surface area contributed by atoms with E-state index in [9.17, 15) is 10.1 Å².